The molecule has 1 fully saturated rings. The standard InChI is InChI=1S/C14H17NO4/c1-9-4-3-5-10(6-9)13(16)15-8-11(19-2)7-12(15)14(17)18/h3-6,11-12H,7-8H2,1-2H3,(H,17,18). The number of hydrogen-bond acceptors (Lipinski definition) is 3. The van der Waals surface area contributed by atoms with Gasteiger partial charge in [-0.2, -0.15) is 0 Å². The van der Waals surface area contributed by atoms with Crippen LogP contribution in [-0.2, 0) is 9.53 Å². The molecule has 1 amide bonds. The van der Waals surface area contributed by atoms with Crippen LogP contribution in [0.1, 0.15) is 22.3 Å². The number of hydrogen-bond donors (Lipinski definition) is 1. The molecule has 1 heterocycles. The molecule has 1 aliphatic rings. The van der Waals surface area contributed by atoms with Crippen LogP contribution in [0.25, 0.3) is 0 Å². The molecule has 0 aromatic heterocycles. The fourth-order valence-electron chi connectivity index (χ4n) is 2.37. The van der Waals surface area contributed by atoms with Crippen LogP contribution in [0, 0.1) is 6.92 Å². The summed E-state index contributed by atoms with van der Waals surface area (Å²) in [4.78, 5) is 25.0. The number of aryl methyl sites for hydroxylation is 1. The summed E-state index contributed by atoms with van der Waals surface area (Å²) >= 11 is 0. The molecule has 19 heavy (non-hydrogen) atoms. The number of carbonyl (C=O) groups is 2. The minimum atomic E-state index is -0.986. The zero-order chi connectivity index (χ0) is 14.0. The Morgan fingerprint density at radius 3 is 2.74 bits per heavy atom. The van der Waals surface area contributed by atoms with Crippen LogP contribution in [0.2, 0.25) is 0 Å². The second-order valence-corrected chi connectivity index (χ2v) is 4.77. The molecule has 5 heteroatoms. The third kappa shape index (κ3) is 2.76. The van der Waals surface area contributed by atoms with Gasteiger partial charge in [0.2, 0.25) is 0 Å². The number of carboxylic acids is 1. The van der Waals surface area contributed by atoms with Gasteiger partial charge in [0.05, 0.1) is 6.10 Å². The average Bonchev–Trinajstić information content (AvgIpc) is 2.82. The molecule has 0 saturated carbocycles. The number of rotatable bonds is 3. The van der Waals surface area contributed by atoms with E-state index in [4.69, 9.17) is 4.74 Å². The molecule has 1 aliphatic heterocycles. The number of likely N-dealkylation sites (tertiary alicyclic amines) is 1. The van der Waals surface area contributed by atoms with Crippen molar-refractivity contribution in [2.24, 2.45) is 0 Å². The topological polar surface area (TPSA) is 66.8 Å². The molecular weight excluding hydrogens is 246 g/mol. The van der Waals surface area contributed by atoms with Crippen molar-refractivity contribution in [3.8, 4) is 0 Å². The lowest BCUT2D eigenvalue weighted by molar-refractivity contribution is -0.141. The lowest BCUT2D eigenvalue weighted by atomic mass is 10.1. The van der Waals surface area contributed by atoms with Gasteiger partial charge in [0.15, 0.2) is 0 Å². The van der Waals surface area contributed by atoms with E-state index in [0.29, 0.717) is 18.5 Å². The Balaban J connectivity index is 2.24. The Morgan fingerprint density at radius 1 is 1.42 bits per heavy atom. The van der Waals surface area contributed by atoms with Crippen LogP contribution in [0.4, 0.5) is 0 Å². The maximum absolute atomic E-state index is 12.4. The average molecular weight is 263 g/mol. The van der Waals surface area contributed by atoms with E-state index in [9.17, 15) is 14.7 Å². The van der Waals surface area contributed by atoms with Gasteiger partial charge >= 0.3 is 5.97 Å². The molecule has 0 bridgehead atoms. The zero-order valence-corrected chi connectivity index (χ0v) is 11.0. The van der Waals surface area contributed by atoms with Gasteiger partial charge in [-0.05, 0) is 19.1 Å². The van der Waals surface area contributed by atoms with Crippen LogP contribution in [0.5, 0.6) is 0 Å². The molecule has 1 aromatic carbocycles. The monoisotopic (exact) mass is 263 g/mol. The van der Waals surface area contributed by atoms with E-state index in [1.54, 1.807) is 18.2 Å². The SMILES string of the molecule is COC1CC(C(=O)O)N(C(=O)c2cccc(C)c2)C1. The van der Waals surface area contributed by atoms with Crippen molar-refractivity contribution in [1.29, 1.82) is 0 Å². The lowest BCUT2D eigenvalue weighted by Crippen LogP contribution is -2.40. The van der Waals surface area contributed by atoms with Crippen molar-refractivity contribution in [2.75, 3.05) is 13.7 Å². The Labute approximate surface area is 111 Å². The number of ether oxygens (including phenoxy) is 1. The number of benzene rings is 1. The van der Waals surface area contributed by atoms with E-state index < -0.39 is 12.0 Å². The van der Waals surface area contributed by atoms with Gasteiger partial charge in [-0.3, -0.25) is 4.79 Å². The fourth-order valence-corrected chi connectivity index (χ4v) is 2.37. The van der Waals surface area contributed by atoms with Gasteiger partial charge < -0.3 is 14.7 Å². The second kappa shape index (κ2) is 5.40. The summed E-state index contributed by atoms with van der Waals surface area (Å²) in [7, 11) is 1.53. The van der Waals surface area contributed by atoms with Gasteiger partial charge in [-0.1, -0.05) is 17.7 Å². The minimum absolute atomic E-state index is 0.213. The highest BCUT2D eigenvalue weighted by Crippen LogP contribution is 2.23. The van der Waals surface area contributed by atoms with Crippen LogP contribution >= 0.6 is 0 Å². The number of nitrogens with zero attached hydrogens (tertiary/aromatic N) is 1. The van der Waals surface area contributed by atoms with Crippen molar-refractivity contribution in [1.82, 2.24) is 4.90 Å². The van der Waals surface area contributed by atoms with Crippen molar-refractivity contribution in [2.45, 2.75) is 25.5 Å². The molecule has 1 N–H and O–H groups in total. The summed E-state index contributed by atoms with van der Waals surface area (Å²) in [6.07, 6.45) is 0.124. The maximum atomic E-state index is 12.4. The Hall–Kier alpha value is -1.88. The molecule has 5 nitrogen and oxygen atoms in total. The Bertz CT molecular complexity index is 500. The quantitative estimate of drug-likeness (QED) is 0.892. The van der Waals surface area contributed by atoms with Gasteiger partial charge in [0, 0.05) is 25.6 Å². The molecule has 102 valence electrons. The van der Waals surface area contributed by atoms with Gasteiger partial charge in [0.1, 0.15) is 6.04 Å². The summed E-state index contributed by atoms with van der Waals surface area (Å²) in [5, 5.41) is 9.20. The van der Waals surface area contributed by atoms with E-state index in [0.717, 1.165) is 5.56 Å². The highest BCUT2D eigenvalue weighted by molar-refractivity contribution is 5.97. The highest BCUT2D eigenvalue weighted by Gasteiger charge is 2.40. The predicted molar refractivity (Wildman–Crippen MR) is 69.1 cm³/mol. The number of methoxy groups -OCH3 is 1. The molecule has 1 saturated heterocycles. The van der Waals surface area contributed by atoms with Crippen LogP contribution in [0.15, 0.2) is 24.3 Å². The molecule has 2 atom stereocenters. The van der Waals surface area contributed by atoms with Crippen molar-refractivity contribution in [3.05, 3.63) is 35.4 Å². The molecule has 0 spiro atoms. The second-order valence-electron chi connectivity index (χ2n) is 4.77. The molecule has 2 unspecified atom stereocenters. The smallest absolute Gasteiger partial charge is 0.326 e. The number of carboxylic acid groups (broad SMARTS) is 1. The van der Waals surface area contributed by atoms with E-state index in [1.165, 1.54) is 12.0 Å². The van der Waals surface area contributed by atoms with E-state index in [-0.39, 0.29) is 12.0 Å². The number of aliphatic carboxylic acids is 1. The van der Waals surface area contributed by atoms with Crippen molar-refractivity contribution in [3.63, 3.8) is 0 Å². The first-order chi connectivity index (χ1) is 9.02. The van der Waals surface area contributed by atoms with Gasteiger partial charge in [-0.15, -0.1) is 0 Å². The van der Waals surface area contributed by atoms with Crippen molar-refractivity contribution < 1.29 is 19.4 Å². The molecule has 0 aliphatic carbocycles. The van der Waals surface area contributed by atoms with Crippen LogP contribution < -0.4 is 0 Å². The van der Waals surface area contributed by atoms with E-state index in [1.807, 2.05) is 13.0 Å². The number of amides is 1. The minimum Gasteiger partial charge on any atom is -0.480 e. The van der Waals surface area contributed by atoms with E-state index in [2.05, 4.69) is 0 Å². The normalized spacial score (nSPS) is 22.5. The third-order valence-electron chi connectivity index (χ3n) is 3.41. The number of carbonyl (C=O) groups excluding carboxylic acids is 1. The summed E-state index contributed by atoms with van der Waals surface area (Å²) in [6.45, 7) is 2.22. The van der Waals surface area contributed by atoms with Crippen LogP contribution in [0.3, 0.4) is 0 Å². The Morgan fingerprint density at radius 2 is 2.16 bits per heavy atom. The summed E-state index contributed by atoms with van der Waals surface area (Å²) in [6, 6.07) is 6.35. The Kier molecular flexibility index (Phi) is 3.85. The highest BCUT2D eigenvalue weighted by atomic mass is 16.5. The molecule has 0 radical (unpaired) electrons. The summed E-state index contributed by atoms with van der Waals surface area (Å²) in [5.74, 6) is -1.24. The molecule has 1 aromatic rings. The van der Waals surface area contributed by atoms with Gasteiger partial charge in [-0.25, -0.2) is 4.79 Å². The van der Waals surface area contributed by atoms with Crippen molar-refractivity contribution >= 4 is 11.9 Å². The first-order valence-electron chi connectivity index (χ1n) is 6.16. The third-order valence-corrected chi connectivity index (χ3v) is 3.41. The van der Waals surface area contributed by atoms with Crippen LogP contribution in [-0.4, -0.2) is 47.7 Å². The van der Waals surface area contributed by atoms with E-state index >= 15 is 0 Å². The summed E-state index contributed by atoms with van der Waals surface area (Å²) in [5.41, 5.74) is 1.49. The first kappa shape index (κ1) is 13.5. The fraction of sp³-hybridized carbons (Fsp3) is 0.429. The molecular formula is C14H17NO4. The zero-order valence-electron chi connectivity index (χ0n) is 11.0. The summed E-state index contributed by atoms with van der Waals surface area (Å²) < 4.78 is 5.17. The first-order valence-corrected chi connectivity index (χ1v) is 6.16. The lowest BCUT2D eigenvalue weighted by Gasteiger charge is -2.21. The van der Waals surface area contributed by atoms with Gasteiger partial charge in [0.25, 0.3) is 5.91 Å². The largest absolute Gasteiger partial charge is 0.480 e. The molecule has 2 rings (SSSR count). The predicted octanol–water partition coefficient (Wildman–Crippen LogP) is 1.31. The maximum Gasteiger partial charge on any atom is 0.326 e.